The van der Waals surface area contributed by atoms with E-state index in [1.807, 2.05) is 0 Å². The lowest BCUT2D eigenvalue weighted by molar-refractivity contribution is 0.112. The average molecular weight is 195 g/mol. The molecule has 0 bridgehead atoms. The molecule has 2 nitrogen and oxygen atoms in total. The molecule has 0 aliphatic heterocycles. The van der Waals surface area contributed by atoms with Crippen LogP contribution in [0.1, 0.15) is 58.9 Å². The lowest BCUT2D eigenvalue weighted by Gasteiger charge is -2.02. The minimum atomic E-state index is 0.502. The summed E-state index contributed by atoms with van der Waals surface area (Å²) in [7, 11) is 0. The minimum Gasteiger partial charge on any atom is -0.295 e. The molecule has 0 N–H and O–H groups in total. The van der Waals surface area contributed by atoms with Crippen LogP contribution < -0.4 is 0 Å². The first-order chi connectivity index (χ1) is 6.22. The Labute approximate surface area is 82.0 Å². The predicted molar refractivity (Wildman–Crippen MR) is 53.6 cm³/mol. The summed E-state index contributed by atoms with van der Waals surface area (Å²) in [5, 5.41) is 0.644. The van der Waals surface area contributed by atoms with E-state index < -0.39 is 0 Å². The standard InChI is InChI=1S/C10H13NOS/c1-6(2)10-9(7-3-4-7)11-8(5-12)13-10/h5-7H,3-4H2,1-2H3. The zero-order chi connectivity index (χ0) is 9.42. The molecular weight excluding hydrogens is 182 g/mol. The third-order valence-electron chi connectivity index (χ3n) is 2.29. The monoisotopic (exact) mass is 195 g/mol. The van der Waals surface area contributed by atoms with Crippen LogP contribution in [0.2, 0.25) is 0 Å². The maximum atomic E-state index is 10.6. The lowest BCUT2D eigenvalue weighted by Crippen LogP contribution is -1.90. The second kappa shape index (κ2) is 3.22. The minimum absolute atomic E-state index is 0.502. The highest BCUT2D eigenvalue weighted by atomic mass is 32.1. The number of carbonyl (C=O) groups excluding carboxylic acids is 1. The summed E-state index contributed by atoms with van der Waals surface area (Å²) in [6, 6.07) is 0. The van der Waals surface area contributed by atoms with Gasteiger partial charge in [-0.25, -0.2) is 4.98 Å². The van der Waals surface area contributed by atoms with E-state index in [-0.39, 0.29) is 0 Å². The topological polar surface area (TPSA) is 30.0 Å². The average Bonchev–Trinajstić information content (AvgIpc) is 2.84. The number of hydrogen-bond acceptors (Lipinski definition) is 3. The second-order valence-corrected chi connectivity index (χ2v) is 4.91. The second-order valence-electron chi connectivity index (χ2n) is 3.85. The maximum absolute atomic E-state index is 10.6. The molecule has 0 unspecified atom stereocenters. The molecule has 1 aromatic heterocycles. The van der Waals surface area contributed by atoms with Crippen LogP contribution in [0.3, 0.4) is 0 Å². The SMILES string of the molecule is CC(C)c1sc(C=O)nc1C1CC1. The Morgan fingerprint density at radius 2 is 2.23 bits per heavy atom. The Morgan fingerprint density at radius 3 is 2.69 bits per heavy atom. The third-order valence-corrected chi connectivity index (χ3v) is 3.58. The van der Waals surface area contributed by atoms with Crippen molar-refractivity contribution < 1.29 is 4.79 Å². The van der Waals surface area contributed by atoms with Gasteiger partial charge in [-0.2, -0.15) is 0 Å². The van der Waals surface area contributed by atoms with E-state index in [0.717, 1.165) is 6.29 Å². The van der Waals surface area contributed by atoms with E-state index >= 15 is 0 Å². The molecule has 0 atom stereocenters. The molecule has 1 heterocycles. The largest absolute Gasteiger partial charge is 0.295 e. The van der Waals surface area contributed by atoms with E-state index in [2.05, 4.69) is 18.8 Å². The van der Waals surface area contributed by atoms with Crippen LogP contribution in [0, 0.1) is 0 Å². The van der Waals surface area contributed by atoms with E-state index in [4.69, 9.17) is 0 Å². The number of hydrogen-bond donors (Lipinski definition) is 0. The van der Waals surface area contributed by atoms with E-state index in [1.165, 1.54) is 23.4 Å². The van der Waals surface area contributed by atoms with Crippen LogP contribution in [-0.2, 0) is 0 Å². The smallest absolute Gasteiger partial charge is 0.178 e. The first-order valence-corrected chi connectivity index (χ1v) is 5.49. The molecule has 0 radical (unpaired) electrons. The third kappa shape index (κ3) is 1.66. The van der Waals surface area contributed by atoms with Gasteiger partial charge in [-0.05, 0) is 18.8 Å². The molecule has 0 spiro atoms. The van der Waals surface area contributed by atoms with Crippen molar-refractivity contribution in [3.63, 3.8) is 0 Å². The number of rotatable bonds is 3. The molecule has 13 heavy (non-hydrogen) atoms. The fraction of sp³-hybridized carbons (Fsp3) is 0.600. The maximum Gasteiger partial charge on any atom is 0.178 e. The van der Waals surface area contributed by atoms with Gasteiger partial charge in [0.25, 0.3) is 0 Å². The normalized spacial score (nSPS) is 16.5. The summed E-state index contributed by atoms with van der Waals surface area (Å²) in [5.74, 6) is 1.16. The van der Waals surface area contributed by atoms with Gasteiger partial charge in [0.15, 0.2) is 11.3 Å². The van der Waals surface area contributed by atoms with Crippen LogP contribution in [-0.4, -0.2) is 11.3 Å². The van der Waals surface area contributed by atoms with Crippen LogP contribution in [0.15, 0.2) is 0 Å². The fourth-order valence-corrected chi connectivity index (χ4v) is 2.44. The molecule has 3 heteroatoms. The van der Waals surface area contributed by atoms with Gasteiger partial charge in [0.05, 0.1) is 5.69 Å². The van der Waals surface area contributed by atoms with Gasteiger partial charge in [-0.1, -0.05) is 13.8 Å². The van der Waals surface area contributed by atoms with Crippen LogP contribution >= 0.6 is 11.3 Å². The molecule has 0 saturated heterocycles. The summed E-state index contributed by atoms with van der Waals surface area (Å²) in [5.41, 5.74) is 1.20. The lowest BCUT2D eigenvalue weighted by atomic mass is 10.1. The molecule has 2 rings (SSSR count). The highest BCUT2D eigenvalue weighted by molar-refractivity contribution is 7.13. The first-order valence-electron chi connectivity index (χ1n) is 4.68. The zero-order valence-electron chi connectivity index (χ0n) is 7.91. The van der Waals surface area contributed by atoms with Gasteiger partial charge in [0.1, 0.15) is 0 Å². The summed E-state index contributed by atoms with van der Waals surface area (Å²) >= 11 is 1.56. The number of aromatic nitrogens is 1. The van der Waals surface area contributed by atoms with Crippen LogP contribution in [0.4, 0.5) is 0 Å². The molecule has 0 aromatic carbocycles. The Kier molecular flexibility index (Phi) is 2.20. The Bertz CT molecular complexity index is 306. The van der Waals surface area contributed by atoms with Crippen molar-refractivity contribution in [3.8, 4) is 0 Å². The number of thiazole rings is 1. The summed E-state index contributed by atoms with van der Waals surface area (Å²) in [4.78, 5) is 16.3. The van der Waals surface area contributed by atoms with Gasteiger partial charge in [0.2, 0.25) is 0 Å². The van der Waals surface area contributed by atoms with Gasteiger partial charge in [-0.3, -0.25) is 4.79 Å². The molecule has 70 valence electrons. The van der Waals surface area contributed by atoms with Gasteiger partial charge < -0.3 is 0 Å². The number of nitrogens with zero attached hydrogens (tertiary/aromatic N) is 1. The van der Waals surface area contributed by atoms with Crippen molar-refractivity contribution in [3.05, 3.63) is 15.6 Å². The molecule has 1 aromatic rings. The van der Waals surface area contributed by atoms with E-state index in [1.54, 1.807) is 11.3 Å². The summed E-state index contributed by atoms with van der Waals surface area (Å²) in [6.07, 6.45) is 3.37. The fourth-order valence-electron chi connectivity index (χ4n) is 1.47. The molecule has 1 fully saturated rings. The molecule has 0 amide bonds. The predicted octanol–water partition coefficient (Wildman–Crippen LogP) is 2.96. The summed E-state index contributed by atoms with van der Waals surface area (Å²) in [6.45, 7) is 4.32. The van der Waals surface area contributed by atoms with Gasteiger partial charge in [0, 0.05) is 10.8 Å². The van der Waals surface area contributed by atoms with Gasteiger partial charge in [-0.15, -0.1) is 11.3 Å². The Balaban J connectivity index is 2.38. The van der Waals surface area contributed by atoms with E-state index in [9.17, 15) is 4.79 Å². The van der Waals surface area contributed by atoms with Crippen LogP contribution in [0.25, 0.3) is 0 Å². The summed E-state index contributed by atoms with van der Waals surface area (Å²) < 4.78 is 0. The van der Waals surface area contributed by atoms with Crippen molar-refractivity contribution in [1.82, 2.24) is 4.98 Å². The number of carbonyl (C=O) groups is 1. The van der Waals surface area contributed by atoms with E-state index in [0.29, 0.717) is 16.8 Å². The molecule has 1 aliphatic rings. The molecule has 1 aliphatic carbocycles. The van der Waals surface area contributed by atoms with Gasteiger partial charge >= 0.3 is 0 Å². The highest BCUT2D eigenvalue weighted by Crippen LogP contribution is 2.44. The Hall–Kier alpha value is -0.700. The van der Waals surface area contributed by atoms with Crippen LogP contribution in [0.5, 0.6) is 0 Å². The quantitative estimate of drug-likeness (QED) is 0.694. The Morgan fingerprint density at radius 1 is 1.54 bits per heavy atom. The first kappa shape index (κ1) is 8.88. The van der Waals surface area contributed by atoms with Crippen molar-refractivity contribution >= 4 is 17.6 Å². The van der Waals surface area contributed by atoms with Crippen molar-refractivity contribution in [1.29, 1.82) is 0 Å². The molecular formula is C10H13NOS. The molecule has 1 saturated carbocycles. The highest BCUT2D eigenvalue weighted by Gasteiger charge is 2.30. The van der Waals surface area contributed by atoms with Crippen molar-refractivity contribution in [2.75, 3.05) is 0 Å². The van der Waals surface area contributed by atoms with Crippen molar-refractivity contribution in [2.45, 2.75) is 38.5 Å². The number of aldehydes is 1. The van der Waals surface area contributed by atoms with Crippen molar-refractivity contribution in [2.24, 2.45) is 0 Å². The zero-order valence-corrected chi connectivity index (χ0v) is 8.73.